The van der Waals surface area contributed by atoms with Gasteiger partial charge in [0.25, 0.3) is 0 Å². The van der Waals surface area contributed by atoms with Crippen molar-refractivity contribution >= 4 is 29.6 Å². The van der Waals surface area contributed by atoms with Crippen LogP contribution in [0.4, 0.5) is 0 Å². The molecule has 0 aliphatic carbocycles. The highest BCUT2D eigenvalue weighted by atomic mass is 16.4. The Morgan fingerprint density at radius 3 is 1.90 bits per heavy atom. The minimum Gasteiger partial charge on any atom is -0.480 e. The normalized spacial score (nSPS) is 14.4. The summed E-state index contributed by atoms with van der Waals surface area (Å²) >= 11 is 0. The third-order valence-electron chi connectivity index (χ3n) is 4.16. The van der Waals surface area contributed by atoms with E-state index in [-0.39, 0.29) is 6.42 Å². The molecule has 0 radical (unpaired) electrons. The third kappa shape index (κ3) is 8.80. The Hall–Kier alpha value is -3.51. The van der Waals surface area contributed by atoms with Gasteiger partial charge in [0.15, 0.2) is 0 Å². The van der Waals surface area contributed by atoms with Crippen LogP contribution in [0.1, 0.15) is 18.9 Å². The topological polar surface area (TPSA) is 214 Å². The van der Waals surface area contributed by atoms with E-state index in [1.165, 1.54) is 6.92 Å². The van der Waals surface area contributed by atoms with Crippen molar-refractivity contribution in [3.05, 3.63) is 35.9 Å². The Kier molecular flexibility index (Phi) is 10.1. The van der Waals surface area contributed by atoms with Crippen LogP contribution >= 0.6 is 0 Å². The fourth-order valence-corrected chi connectivity index (χ4v) is 2.50. The molecule has 12 nitrogen and oxygen atoms in total. The van der Waals surface area contributed by atoms with Gasteiger partial charge in [-0.3, -0.25) is 19.2 Å². The van der Waals surface area contributed by atoms with E-state index in [9.17, 15) is 34.2 Å². The van der Waals surface area contributed by atoms with Crippen LogP contribution in [-0.4, -0.2) is 70.6 Å². The van der Waals surface area contributed by atoms with E-state index in [1.54, 1.807) is 30.3 Å². The molecule has 170 valence electrons. The predicted octanol–water partition coefficient (Wildman–Crippen LogP) is -3.02. The van der Waals surface area contributed by atoms with Crippen molar-refractivity contribution in [1.29, 1.82) is 0 Å². The Bertz CT molecular complexity index is 800. The highest BCUT2D eigenvalue weighted by Crippen LogP contribution is 2.05. The molecule has 31 heavy (non-hydrogen) atoms. The summed E-state index contributed by atoms with van der Waals surface area (Å²) in [4.78, 5) is 59.4. The first-order valence-corrected chi connectivity index (χ1v) is 9.37. The average Bonchev–Trinajstić information content (AvgIpc) is 2.70. The van der Waals surface area contributed by atoms with Crippen LogP contribution in [0.3, 0.4) is 0 Å². The summed E-state index contributed by atoms with van der Waals surface area (Å²) in [5.41, 5.74) is 11.1. The molecule has 0 fully saturated rings. The highest BCUT2D eigenvalue weighted by Gasteiger charge is 2.30. The Balaban J connectivity index is 3.03. The van der Waals surface area contributed by atoms with Gasteiger partial charge in [0.1, 0.15) is 18.1 Å². The van der Waals surface area contributed by atoms with Crippen molar-refractivity contribution in [2.45, 2.75) is 43.9 Å². The van der Waals surface area contributed by atoms with Crippen molar-refractivity contribution in [3.8, 4) is 0 Å². The van der Waals surface area contributed by atoms with Crippen molar-refractivity contribution in [2.75, 3.05) is 6.61 Å². The molecule has 4 amide bonds. The van der Waals surface area contributed by atoms with Crippen LogP contribution in [0.2, 0.25) is 0 Å². The van der Waals surface area contributed by atoms with E-state index < -0.39 is 66.8 Å². The minimum absolute atomic E-state index is 0.0271. The number of carboxylic acid groups (broad SMARTS) is 1. The molecule has 0 heterocycles. The first kappa shape index (κ1) is 25.5. The van der Waals surface area contributed by atoms with Crippen LogP contribution in [0.25, 0.3) is 0 Å². The SMILES string of the molecule is CC(N)C(=O)NC(CO)C(=O)NC(Cc1ccccc1)C(=O)NC(CC(N)=O)C(=O)O. The fourth-order valence-electron chi connectivity index (χ4n) is 2.50. The quantitative estimate of drug-likeness (QED) is 0.178. The van der Waals surface area contributed by atoms with E-state index >= 15 is 0 Å². The average molecular weight is 437 g/mol. The number of primary amides is 1. The van der Waals surface area contributed by atoms with Gasteiger partial charge in [0.05, 0.1) is 19.1 Å². The zero-order valence-corrected chi connectivity index (χ0v) is 16.9. The van der Waals surface area contributed by atoms with Crippen molar-refractivity contribution in [2.24, 2.45) is 11.5 Å². The molecule has 0 aliphatic rings. The van der Waals surface area contributed by atoms with Gasteiger partial charge in [-0.1, -0.05) is 30.3 Å². The number of carboxylic acids is 1. The molecular weight excluding hydrogens is 410 g/mol. The lowest BCUT2D eigenvalue weighted by atomic mass is 10.0. The molecule has 12 heteroatoms. The Morgan fingerprint density at radius 2 is 1.42 bits per heavy atom. The van der Waals surface area contributed by atoms with Gasteiger partial charge in [-0.05, 0) is 12.5 Å². The molecule has 0 spiro atoms. The standard InChI is InChI=1S/C19H27N5O7/c1-10(20)16(27)24-14(9-25)18(29)22-12(7-11-5-3-2-4-6-11)17(28)23-13(19(30)31)8-15(21)26/h2-6,10,12-14,25H,7-9,20H2,1H3,(H2,21,26)(H,22,29)(H,23,28)(H,24,27)(H,30,31). The Labute approximate surface area is 178 Å². The molecule has 0 saturated carbocycles. The number of aliphatic hydroxyl groups is 1. The number of hydrogen-bond acceptors (Lipinski definition) is 7. The van der Waals surface area contributed by atoms with Gasteiger partial charge in [0.2, 0.25) is 23.6 Å². The number of carbonyl (C=O) groups is 5. The summed E-state index contributed by atoms with van der Waals surface area (Å²) in [6, 6.07) is 3.35. The first-order chi connectivity index (χ1) is 14.5. The van der Waals surface area contributed by atoms with E-state index in [1.807, 2.05) is 0 Å². The number of nitrogens with one attached hydrogen (secondary N) is 3. The van der Waals surface area contributed by atoms with Gasteiger partial charge in [-0.2, -0.15) is 0 Å². The maximum atomic E-state index is 12.7. The molecule has 0 bridgehead atoms. The van der Waals surface area contributed by atoms with Gasteiger partial charge < -0.3 is 37.6 Å². The summed E-state index contributed by atoms with van der Waals surface area (Å²) in [6.07, 6.45) is -0.669. The summed E-state index contributed by atoms with van der Waals surface area (Å²) in [7, 11) is 0. The van der Waals surface area contributed by atoms with Crippen molar-refractivity contribution in [1.82, 2.24) is 16.0 Å². The fraction of sp³-hybridized carbons (Fsp3) is 0.421. The number of amides is 4. The second-order valence-electron chi connectivity index (χ2n) is 6.85. The number of aliphatic hydroxyl groups excluding tert-OH is 1. The monoisotopic (exact) mass is 437 g/mol. The Morgan fingerprint density at radius 1 is 0.903 bits per heavy atom. The molecular formula is C19H27N5O7. The maximum Gasteiger partial charge on any atom is 0.326 e. The largest absolute Gasteiger partial charge is 0.480 e. The van der Waals surface area contributed by atoms with Crippen LogP contribution in [0.5, 0.6) is 0 Å². The molecule has 0 saturated heterocycles. The van der Waals surface area contributed by atoms with Gasteiger partial charge in [-0.25, -0.2) is 4.79 Å². The summed E-state index contributed by atoms with van der Waals surface area (Å²) in [5, 5.41) is 25.4. The maximum absolute atomic E-state index is 12.7. The van der Waals surface area contributed by atoms with Gasteiger partial charge in [-0.15, -0.1) is 0 Å². The molecule has 1 rings (SSSR count). The third-order valence-corrected chi connectivity index (χ3v) is 4.16. The van der Waals surface area contributed by atoms with E-state index in [0.717, 1.165) is 0 Å². The molecule has 4 unspecified atom stereocenters. The zero-order chi connectivity index (χ0) is 23.6. The molecule has 0 aliphatic heterocycles. The van der Waals surface area contributed by atoms with Gasteiger partial charge >= 0.3 is 5.97 Å². The molecule has 9 N–H and O–H groups in total. The van der Waals surface area contributed by atoms with Crippen LogP contribution in [0.15, 0.2) is 30.3 Å². The zero-order valence-electron chi connectivity index (χ0n) is 16.9. The van der Waals surface area contributed by atoms with Gasteiger partial charge in [0, 0.05) is 6.42 Å². The summed E-state index contributed by atoms with van der Waals surface area (Å²) in [5.74, 6) is -4.87. The van der Waals surface area contributed by atoms with Crippen molar-refractivity contribution in [3.63, 3.8) is 0 Å². The minimum atomic E-state index is -1.59. The second kappa shape index (κ2) is 12.2. The highest BCUT2D eigenvalue weighted by molar-refractivity contribution is 5.95. The first-order valence-electron chi connectivity index (χ1n) is 9.37. The van der Waals surface area contributed by atoms with Crippen molar-refractivity contribution < 1.29 is 34.2 Å². The van der Waals surface area contributed by atoms with E-state index in [4.69, 9.17) is 11.5 Å². The number of nitrogens with two attached hydrogens (primary N) is 2. The molecule has 0 aromatic heterocycles. The van der Waals surface area contributed by atoms with E-state index in [0.29, 0.717) is 5.56 Å². The predicted molar refractivity (Wildman–Crippen MR) is 108 cm³/mol. The van der Waals surface area contributed by atoms with Crippen LogP contribution in [-0.2, 0) is 30.4 Å². The second-order valence-corrected chi connectivity index (χ2v) is 6.85. The molecule has 1 aromatic carbocycles. The summed E-state index contributed by atoms with van der Waals surface area (Å²) < 4.78 is 0. The number of hydrogen-bond donors (Lipinski definition) is 7. The lowest BCUT2D eigenvalue weighted by Crippen LogP contribution is -2.58. The number of rotatable bonds is 12. The number of benzene rings is 1. The number of aliphatic carboxylic acids is 1. The lowest BCUT2D eigenvalue weighted by molar-refractivity contribution is -0.143. The van der Waals surface area contributed by atoms with Crippen LogP contribution < -0.4 is 27.4 Å². The number of carbonyl (C=O) groups excluding carboxylic acids is 4. The lowest BCUT2D eigenvalue weighted by Gasteiger charge is -2.24. The smallest absolute Gasteiger partial charge is 0.326 e. The van der Waals surface area contributed by atoms with Crippen LogP contribution in [0, 0.1) is 0 Å². The molecule has 4 atom stereocenters. The summed E-state index contributed by atoms with van der Waals surface area (Å²) in [6.45, 7) is 0.626. The molecule has 1 aromatic rings. The van der Waals surface area contributed by atoms with E-state index in [2.05, 4.69) is 16.0 Å².